The summed E-state index contributed by atoms with van der Waals surface area (Å²) < 4.78 is 5.11. The molecule has 6 nitrogen and oxygen atoms in total. The Kier molecular flexibility index (Phi) is 4.75. The van der Waals surface area contributed by atoms with E-state index in [1.807, 2.05) is 27.8 Å². The molecule has 0 radical (unpaired) electrons. The first-order chi connectivity index (χ1) is 10.6. The van der Waals surface area contributed by atoms with E-state index in [2.05, 4.69) is 5.32 Å². The van der Waals surface area contributed by atoms with Gasteiger partial charge in [-0.25, -0.2) is 4.79 Å². The van der Waals surface area contributed by atoms with Crippen molar-refractivity contribution in [1.82, 2.24) is 5.32 Å². The van der Waals surface area contributed by atoms with E-state index in [-0.39, 0.29) is 17.2 Å². The number of amides is 1. The van der Waals surface area contributed by atoms with E-state index in [1.165, 1.54) is 12.1 Å². The smallest absolute Gasteiger partial charge is 0.336 e. The molecule has 124 valence electrons. The molecule has 1 amide bonds. The zero-order chi connectivity index (χ0) is 17.2. The van der Waals surface area contributed by atoms with E-state index in [0.717, 1.165) is 15.8 Å². The second-order valence-electron chi connectivity index (χ2n) is 6.88. The Morgan fingerprint density at radius 3 is 2.65 bits per heavy atom. The number of quaternary nitrogens is 1. The van der Waals surface area contributed by atoms with Crippen molar-refractivity contribution >= 4 is 16.9 Å². The summed E-state index contributed by atoms with van der Waals surface area (Å²) in [6.45, 7) is 6.61. The number of carbonyl (C=O) groups excluding carboxylic acids is 1. The highest BCUT2D eigenvalue weighted by atomic mass is 16.4. The molecule has 6 heteroatoms. The molecule has 23 heavy (non-hydrogen) atoms. The quantitative estimate of drug-likeness (QED) is 0.714. The molecule has 1 unspecified atom stereocenters. The van der Waals surface area contributed by atoms with Crippen LogP contribution in [0.5, 0.6) is 5.75 Å². The molecule has 0 aliphatic carbocycles. The minimum atomic E-state index is -0.468. The second kappa shape index (κ2) is 6.42. The maximum absolute atomic E-state index is 12.0. The number of likely N-dealkylation sites (N-methyl/N-ethyl adjacent to an activating group) is 1. The molecule has 0 bridgehead atoms. The molecule has 1 aromatic carbocycles. The number of nitrogens with one attached hydrogen (secondary N) is 2. The first-order valence-electron chi connectivity index (χ1n) is 7.52. The summed E-state index contributed by atoms with van der Waals surface area (Å²) >= 11 is 0. The third kappa shape index (κ3) is 4.82. The van der Waals surface area contributed by atoms with Gasteiger partial charge in [0.05, 0.1) is 7.05 Å². The van der Waals surface area contributed by atoms with Gasteiger partial charge in [-0.3, -0.25) is 4.79 Å². The summed E-state index contributed by atoms with van der Waals surface area (Å²) in [5.74, 6) is 0.00275. The van der Waals surface area contributed by atoms with Crippen LogP contribution in [-0.2, 0) is 11.3 Å². The Labute approximate surface area is 134 Å². The van der Waals surface area contributed by atoms with E-state index in [0.29, 0.717) is 18.7 Å². The highest BCUT2D eigenvalue weighted by Gasteiger charge is 2.18. The standard InChI is InChI=1S/C17H22N2O4/c1-17(2,3)18-15(21)10-19(4)9-11-7-16(22)23-14-8-12(20)5-6-13(11)14/h5-8,20H,9-10H2,1-4H3,(H,18,21)/p+1. The average molecular weight is 319 g/mol. The summed E-state index contributed by atoms with van der Waals surface area (Å²) in [4.78, 5) is 24.6. The van der Waals surface area contributed by atoms with Crippen LogP contribution in [0.1, 0.15) is 26.3 Å². The van der Waals surface area contributed by atoms with Gasteiger partial charge in [-0.15, -0.1) is 0 Å². The molecule has 0 saturated heterocycles. The average Bonchev–Trinajstić information content (AvgIpc) is 2.34. The fourth-order valence-corrected chi connectivity index (χ4v) is 2.49. The molecule has 0 fully saturated rings. The third-order valence-corrected chi connectivity index (χ3v) is 3.28. The van der Waals surface area contributed by atoms with Gasteiger partial charge in [0, 0.05) is 28.6 Å². The summed E-state index contributed by atoms with van der Waals surface area (Å²) in [7, 11) is 1.89. The zero-order valence-electron chi connectivity index (χ0n) is 13.9. The molecule has 1 atom stereocenters. The summed E-state index contributed by atoms with van der Waals surface area (Å²) in [5.41, 5.74) is 0.400. The highest BCUT2D eigenvalue weighted by Crippen LogP contribution is 2.21. The van der Waals surface area contributed by atoms with Crippen molar-refractivity contribution in [1.29, 1.82) is 0 Å². The van der Waals surface area contributed by atoms with Crippen LogP contribution in [0.25, 0.3) is 11.0 Å². The molecule has 1 heterocycles. The summed E-state index contributed by atoms with van der Waals surface area (Å²) in [6, 6.07) is 6.12. The lowest BCUT2D eigenvalue weighted by Gasteiger charge is -2.22. The van der Waals surface area contributed by atoms with E-state index in [1.54, 1.807) is 12.1 Å². The number of fused-ring (bicyclic) bond motifs is 1. The van der Waals surface area contributed by atoms with Gasteiger partial charge in [0.25, 0.3) is 5.91 Å². The normalized spacial score (nSPS) is 13.0. The Morgan fingerprint density at radius 1 is 1.30 bits per heavy atom. The van der Waals surface area contributed by atoms with E-state index < -0.39 is 5.63 Å². The van der Waals surface area contributed by atoms with Crippen LogP contribution in [0.3, 0.4) is 0 Å². The van der Waals surface area contributed by atoms with Crippen molar-refractivity contribution in [3.8, 4) is 5.75 Å². The summed E-state index contributed by atoms with van der Waals surface area (Å²) in [5, 5.41) is 13.2. The molecule has 0 aliphatic heterocycles. The number of hydrogen-bond donors (Lipinski definition) is 3. The molecular weight excluding hydrogens is 296 g/mol. The molecule has 1 aromatic heterocycles. The van der Waals surface area contributed by atoms with Crippen LogP contribution in [0.15, 0.2) is 33.5 Å². The van der Waals surface area contributed by atoms with Crippen molar-refractivity contribution in [3.63, 3.8) is 0 Å². The molecule has 2 aromatic rings. The van der Waals surface area contributed by atoms with Crippen molar-refractivity contribution < 1.29 is 19.2 Å². The van der Waals surface area contributed by atoms with Crippen LogP contribution in [-0.4, -0.2) is 30.1 Å². The van der Waals surface area contributed by atoms with Gasteiger partial charge in [-0.05, 0) is 32.9 Å². The predicted octanol–water partition coefficient (Wildman–Crippen LogP) is 0.428. The van der Waals surface area contributed by atoms with Crippen LogP contribution in [0.4, 0.5) is 0 Å². The minimum absolute atomic E-state index is 0.0417. The topological polar surface area (TPSA) is 84.0 Å². The third-order valence-electron chi connectivity index (χ3n) is 3.28. The number of benzene rings is 1. The number of phenolic OH excluding ortho intramolecular Hbond substituents is 1. The van der Waals surface area contributed by atoms with Crippen LogP contribution >= 0.6 is 0 Å². The zero-order valence-corrected chi connectivity index (χ0v) is 13.9. The van der Waals surface area contributed by atoms with Gasteiger partial charge in [-0.2, -0.15) is 0 Å². The second-order valence-corrected chi connectivity index (χ2v) is 6.88. The fourth-order valence-electron chi connectivity index (χ4n) is 2.49. The van der Waals surface area contributed by atoms with Crippen molar-refractivity contribution in [3.05, 3.63) is 40.2 Å². The van der Waals surface area contributed by atoms with Crippen LogP contribution in [0.2, 0.25) is 0 Å². The predicted molar refractivity (Wildman–Crippen MR) is 87.5 cm³/mol. The number of rotatable bonds is 4. The van der Waals surface area contributed by atoms with E-state index in [4.69, 9.17) is 4.42 Å². The first kappa shape index (κ1) is 17.0. The molecular formula is C17H23N2O4+. The van der Waals surface area contributed by atoms with Gasteiger partial charge < -0.3 is 19.7 Å². The maximum atomic E-state index is 12.0. The molecule has 0 saturated carbocycles. The lowest BCUT2D eigenvalue weighted by molar-refractivity contribution is -0.885. The molecule has 0 aliphatic rings. The Balaban J connectivity index is 2.18. The van der Waals surface area contributed by atoms with Gasteiger partial charge in [0.1, 0.15) is 17.9 Å². The number of carbonyl (C=O) groups is 1. The lowest BCUT2D eigenvalue weighted by Crippen LogP contribution is -3.09. The van der Waals surface area contributed by atoms with E-state index >= 15 is 0 Å². The Morgan fingerprint density at radius 2 is 2.00 bits per heavy atom. The Bertz CT molecular complexity index is 774. The fraction of sp³-hybridized carbons (Fsp3) is 0.412. The highest BCUT2D eigenvalue weighted by molar-refractivity contribution is 5.81. The van der Waals surface area contributed by atoms with Gasteiger partial charge in [0.15, 0.2) is 6.54 Å². The number of hydrogen-bond acceptors (Lipinski definition) is 4. The van der Waals surface area contributed by atoms with Crippen LogP contribution < -0.4 is 15.8 Å². The monoisotopic (exact) mass is 319 g/mol. The number of phenols is 1. The molecule has 0 spiro atoms. The van der Waals surface area contributed by atoms with Gasteiger partial charge >= 0.3 is 5.63 Å². The van der Waals surface area contributed by atoms with Crippen molar-refractivity contribution in [2.75, 3.05) is 13.6 Å². The molecule has 3 N–H and O–H groups in total. The van der Waals surface area contributed by atoms with E-state index in [9.17, 15) is 14.7 Å². The van der Waals surface area contributed by atoms with Crippen molar-refractivity contribution in [2.24, 2.45) is 0 Å². The number of aromatic hydroxyl groups is 1. The van der Waals surface area contributed by atoms with Crippen LogP contribution in [0, 0.1) is 0 Å². The Hall–Kier alpha value is -2.34. The first-order valence-corrected chi connectivity index (χ1v) is 7.52. The largest absolute Gasteiger partial charge is 0.508 e. The summed E-state index contributed by atoms with van der Waals surface area (Å²) in [6.07, 6.45) is 0. The minimum Gasteiger partial charge on any atom is -0.508 e. The molecule has 2 rings (SSSR count). The SMILES string of the molecule is C[NH+](CC(=O)NC(C)(C)C)Cc1cc(=O)oc2cc(O)ccc12. The van der Waals surface area contributed by atoms with Gasteiger partial charge in [-0.1, -0.05) is 0 Å². The van der Waals surface area contributed by atoms with Gasteiger partial charge in [0.2, 0.25) is 0 Å². The maximum Gasteiger partial charge on any atom is 0.336 e. The van der Waals surface area contributed by atoms with Crippen molar-refractivity contribution in [2.45, 2.75) is 32.9 Å². The lowest BCUT2D eigenvalue weighted by atomic mass is 10.1.